The molecule has 1 unspecified atom stereocenters. The lowest BCUT2D eigenvalue weighted by molar-refractivity contribution is 0.101. The Kier molecular flexibility index (Phi) is 9.44. The predicted octanol–water partition coefficient (Wildman–Crippen LogP) is 1.33. The highest BCUT2D eigenvalue weighted by Crippen LogP contribution is 2.07. The molecule has 1 fully saturated rings. The molecule has 1 N–H and O–H groups in total. The SMILES string of the molecule is CCC(C)N1CCN(CCNCCN(CC)CC)CC1. The van der Waals surface area contributed by atoms with Gasteiger partial charge in [0.05, 0.1) is 0 Å². The molecule has 0 aromatic heterocycles. The second-order valence-corrected chi connectivity index (χ2v) is 5.91. The quantitative estimate of drug-likeness (QED) is 0.611. The molecule has 0 spiro atoms. The maximum atomic E-state index is 3.58. The highest BCUT2D eigenvalue weighted by molar-refractivity contribution is 4.75. The normalized spacial score (nSPS) is 19.6. The second kappa shape index (κ2) is 10.6. The fraction of sp³-hybridized carbons (Fsp3) is 1.00. The van der Waals surface area contributed by atoms with E-state index in [1.165, 1.54) is 45.7 Å². The van der Waals surface area contributed by atoms with Crippen molar-refractivity contribution < 1.29 is 0 Å². The first kappa shape index (κ1) is 17.9. The Labute approximate surface area is 126 Å². The standard InChI is InChI=1S/C16H36N4/c1-5-16(4)20-14-12-19(13-15-20)11-9-17-8-10-18(6-2)7-3/h16-17H,5-15H2,1-4H3. The van der Waals surface area contributed by atoms with Crippen LogP contribution in [0.3, 0.4) is 0 Å². The number of nitrogens with one attached hydrogen (secondary N) is 1. The van der Waals surface area contributed by atoms with E-state index in [1.54, 1.807) is 0 Å². The lowest BCUT2D eigenvalue weighted by Gasteiger charge is -2.37. The lowest BCUT2D eigenvalue weighted by atomic mass is 10.2. The molecule has 1 aliphatic heterocycles. The molecule has 1 saturated heterocycles. The van der Waals surface area contributed by atoms with Crippen LogP contribution in [0.5, 0.6) is 0 Å². The summed E-state index contributed by atoms with van der Waals surface area (Å²) >= 11 is 0. The van der Waals surface area contributed by atoms with Gasteiger partial charge in [-0.3, -0.25) is 9.80 Å². The third-order valence-electron chi connectivity index (χ3n) is 4.73. The molecule has 0 amide bonds. The summed E-state index contributed by atoms with van der Waals surface area (Å²) in [4.78, 5) is 7.70. The van der Waals surface area contributed by atoms with Crippen LogP contribution in [0.15, 0.2) is 0 Å². The maximum Gasteiger partial charge on any atom is 0.0113 e. The topological polar surface area (TPSA) is 21.8 Å². The highest BCUT2D eigenvalue weighted by Gasteiger charge is 2.19. The van der Waals surface area contributed by atoms with Gasteiger partial charge in [-0.1, -0.05) is 20.8 Å². The fourth-order valence-corrected chi connectivity index (χ4v) is 2.83. The second-order valence-electron chi connectivity index (χ2n) is 5.91. The van der Waals surface area contributed by atoms with Crippen molar-refractivity contribution in [3.8, 4) is 0 Å². The van der Waals surface area contributed by atoms with Crippen LogP contribution in [0.2, 0.25) is 0 Å². The van der Waals surface area contributed by atoms with E-state index in [-0.39, 0.29) is 0 Å². The Balaban J connectivity index is 2.01. The average Bonchev–Trinajstić information content (AvgIpc) is 2.50. The summed E-state index contributed by atoms with van der Waals surface area (Å²) in [6, 6.07) is 0.754. The zero-order valence-electron chi connectivity index (χ0n) is 14.2. The number of hydrogen-bond acceptors (Lipinski definition) is 4. The molecule has 0 radical (unpaired) electrons. The Bertz CT molecular complexity index is 223. The van der Waals surface area contributed by atoms with E-state index in [0.717, 1.165) is 32.2 Å². The van der Waals surface area contributed by atoms with Gasteiger partial charge in [0.25, 0.3) is 0 Å². The summed E-state index contributed by atoms with van der Waals surface area (Å²) in [7, 11) is 0. The number of rotatable bonds is 10. The number of hydrogen-bond donors (Lipinski definition) is 1. The van der Waals surface area contributed by atoms with Crippen molar-refractivity contribution in [2.75, 3.05) is 65.4 Å². The van der Waals surface area contributed by atoms with Gasteiger partial charge in [0.2, 0.25) is 0 Å². The van der Waals surface area contributed by atoms with Gasteiger partial charge in [-0.25, -0.2) is 0 Å². The molecule has 0 bridgehead atoms. The zero-order chi connectivity index (χ0) is 14.8. The molecule has 1 rings (SSSR count). The predicted molar refractivity (Wildman–Crippen MR) is 88.4 cm³/mol. The minimum Gasteiger partial charge on any atom is -0.314 e. The first-order chi connectivity index (χ1) is 9.71. The summed E-state index contributed by atoms with van der Waals surface area (Å²) in [5.74, 6) is 0. The molecule has 120 valence electrons. The number of nitrogens with zero attached hydrogens (tertiary/aromatic N) is 3. The Hall–Kier alpha value is -0.160. The number of likely N-dealkylation sites (N-methyl/N-ethyl adjacent to an activating group) is 1. The van der Waals surface area contributed by atoms with Gasteiger partial charge >= 0.3 is 0 Å². The van der Waals surface area contributed by atoms with Crippen LogP contribution in [0, 0.1) is 0 Å². The van der Waals surface area contributed by atoms with Crippen molar-refractivity contribution >= 4 is 0 Å². The van der Waals surface area contributed by atoms with Gasteiger partial charge in [0.15, 0.2) is 0 Å². The molecule has 0 aromatic carbocycles. The maximum absolute atomic E-state index is 3.58. The highest BCUT2D eigenvalue weighted by atomic mass is 15.3. The summed E-state index contributed by atoms with van der Waals surface area (Å²) in [5, 5.41) is 3.58. The first-order valence-electron chi connectivity index (χ1n) is 8.60. The van der Waals surface area contributed by atoms with Crippen LogP contribution in [0.25, 0.3) is 0 Å². The Morgan fingerprint density at radius 2 is 1.65 bits per heavy atom. The fourth-order valence-electron chi connectivity index (χ4n) is 2.83. The van der Waals surface area contributed by atoms with Crippen LogP contribution in [0.1, 0.15) is 34.1 Å². The lowest BCUT2D eigenvalue weighted by Crippen LogP contribution is -2.50. The molecule has 4 heteroatoms. The van der Waals surface area contributed by atoms with Gasteiger partial charge in [-0.15, -0.1) is 0 Å². The Morgan fingerprint density at radius 3 is 2.20 bits per heavy atom. The molecule has 4 nitrogen and oxygen atoms in total. The minimum absolute atomic E-state index is 0.754. The van der Waals surface area contributed by atoms with Crippen molar-refractivity contribution in [2.24, 2.45) is 0 Å². The molecule has 1 atom stereocenters. The molecule has 0 aromatic rings. The van der Waals surface area contributed by atoms with Crippen molar-refractivity contribution in [3.63, 3.8) is 0 Å². The third kappa shape index (κ3) is 6.53. The largest absolute Gasteiger partial charge is 0.314 e. The zero-order valence-corrected chi connectivity index (χ0v) is 14.2. The molecular formula is C16H36N4. The molecule has 0 aliphatic carbocycles. The molecule has 20 heavy (non-hydrogen) atoms. The van der Waals surface area contributed by atoms with Crippen LogP contribution < -0.4 is 5.32 Å². The van der Waals surface area contributed by atoms with E-state index in [0.29, 0.717) is 0 Å². The smallest absolute Gasteiger partial charge is 0.0113 e. The summed E-state index contributed by atoms with van der Waals surface area (Å²) in [6.07, 6.45) is 1.27. The van der Waals surface area contributed by atoms with Gasteiger partial charge in [0, 0.05) is 58.4 Å². The summed E-state index contributed by atoms with van der Waals surface area (Å²) < 4.78 is 0. The summed E-state index contributed by atoms with van der Waals surface area (Å²) in [6.45, 7) is 21.0. The molecule has 1 heterocycles. The third-order valence-corrected chi connectivity index (χ3v) is 4.73. The molecule has 1 aliphatic rings. The molecular weight excluding hydrogens is 248 g/mol. The number of piperazine rings is 1. The van der Waals surface area contributed by atoms with E-state index in [9.17, 15) is 0 Å². The Morgan fingerprint density at radius 1 is 1.00 bits per heavy atom. The van der Waals surface area contributed by atoms with E-state index in [1.807, 2.05) is 0 Å². The van der Waals surface area contributed by atoms with Gasteiger partial charge in [-0.2, -0.15) is 0 Å². The van der Waals surface area contributed by atoms with E-state index < -0.39 is 0 Å². The van der Waals surface area contributed by atoms with Gasteiger partial charge in [0.1, 0.15) is 0 Å². The van der Waals surface area contributed by atoms with E-state index in [2.05, 4.69) is 47.7 Å². The monoisotopic (exact) mass is 284 g/mol. The van der Waals surface area contributed by atoms with Crippen molar-refractivity contribution in [3.05, 3.63) is 0 Å². The van der Waals surface area contributed by atoms with Crippen molar-refractivity contribution in [1.29, 1.82) is 0 Å². The first-order valence-corrected chi connectivity index (χ1v) is 8.60. The van der Waals surface area contributed by atoms with Crippen molar-refractivity contribution in [2.45, 2.75) is 40.2 Å². The van der Waals surface area contributed by atoms with Crippen molar-refractivity contribution in [1.82, 2.24) is 20.0 Å². The van der Waals surface area contributed by atoms with Crippen LogP contribution in [-0.4, -0.2) is 86.2 Å². The average molecular weight is 284 g/mol. The van der Waals surface area contributed by atoms with Crippen LogP contribution in [-0.2, 0) is 0 Å². The van der Waals surface area contributed by atoms with Crippen LogP contribution >= 0.6 is 0 Å². The van der Waals surface area contributed by atoms with Crippen LogP contribution in [0.4, 0.5) is 0 Å². The molecule has 0 saturated carbocycles. The minimum atomic E-state index is 0.754. The van der Waals surface area contributed by atoms with E-state index in [4.69, 9.17) is 0 Å². The summed E-state index contributed by atoms with van der Waals surface area (Å²) in [5.41, 5.74) is 0. The van der Waals surface area contributed by atoms with Gasteiger partial charge in [-0.05, 0) is 26.4 Å². The van der Waals surface area contributed by atoms with E-state index >= 15 is 0 Å². The van der Waals surface area contributed by atoms with Gasteiger partial charge < -0.3 is 10.2 Å².